The number of piperazine rings is 1. The summed E-state index contributed by atoms with van der Waals surface area (Å²) in [4.78, 5) is 34.5. The third-order valence-electron chi connectivity index (χ3n) is 6.81. The first-order valence-corrected chi connectivity index (χ1v) is 12.7. The molecule has 0 N–H and O–H groups in total. The lowest BCUT2D eigenvalue weighted by Crippen LogP contribution is -2.49. The summed E-state index contributed by atoms with van der Waals surface area (Å²) in [5, 5.41) is 6.88. The van der Waals surface area contributed by atoms with E-state index in [1.807, 2.05) is 4.90 Å². The van der Waals surface area contributed by atoms with Crippen LogP contribution in [0.1, 0.15) is 47.8 Å². The Morgan fingerprint density at radius 3 is 2.37 bits per heavy atom. The number of carbonyl (C=O) groups excluding carboxylic acids is 2. The SMILES string of the molecule is CN(Cc1ccc(-c2nnc(C(F)F)o2)cn1)C(=O)c1cc(N2CCN(CC(F)(F)F)CC2)ccc1C(C)(C)C=O. The lowest BCUT2D eigenvalue weighted by Gasteiger charge is -2.37. The minimum Gasteiger partial charge on any atom is -0.415 e. The van der Waals surface area contributed by atoms with Gasteiger partial charge in [-0.1, -0.05) is 6.07 Å². The summed E-state index contributed by atoms with van der Waals surface area (Å²) in [6.07, 6.45) is -5.04. The summed E-state index contributed by atoms with van der Waals surface area (Å²) in [5.41, 5.74) is 1.33. The summed E-state index contributed by atoms with van der Waals surface area (Å²) in [6.45, 7) is 3.65. The van der Waals surface area contributed by atoms with Gasteiger partial charge in [0, 0.05) is 56.1 Å². The number of nitrogens with zero attached hydrogens (tertiary/aromatic N) is 6. The maximum Gasteiger partial charge on any atom is 0.401 e. The molecule has 0 saturated carbocycles. The highest BCUT2D eigenvalue weighted by Crippen LogP contribution is 2.31. The van der Waals surface area contributed by atoms with E-state index in [0.29, 0.717) is 41.2 Å². The van der Waals surface area contributed by atoms with E-state index in [2.05, 4.69) is 15.2 Å². The molecule has 2 aromatic heterocycles. The number of hydrogen-bond acceptors (Lipinski definition) is 8. The second-order valence-electron chi connectivity index (χ2n) is 10.4. The van der Waals surface area contributed by atoms with E-state index in [9.17, 15) is 31.5 Å². The van der Waals surface area contributed by atoms with Gasteiger partial charge in [-0.15, -0.1) is 10.2 Å². The Morgan fingerprint density at radius 2 is 1.80 bits per heavy atom. The van der Waals surface area contributed by atoms with E-state index in [1.54, 1.807) is 51.2 Å². The largest absolute Gasteiger partial charge is 0.415 e. The number of aldehydes is 1. The molecule has 0 unspecified atom stereocenters. The standard InChI is InChI=1S/C27H29F5N6O3/c1-26(2,16-39)21-7-6-19(38-10-8-37(9-11-38)15-27(30,31)32)12-20(21)25(40)36(3)14-18-5-4-17(13-33-18)23-34-35-24(41-23)22(28)29/h4-7,12-13,16,22H,8-11,14-15H2,1-3H3. The third-order valence-corrected chi connectivity index (χ3v) is 6.81. The van der Waals surface area contributed by atoms with Crippen LogP contribution in [-0.4, -0.2) is 83.1 Å². The summed E-state index contributed by atoms with van der Waals surface area (Å²) in [7, 11) is 1.57. The molecule has 0 radical (unpaired) electrons. The molecule has 14 heteroatoms. The Labute approximate surface area is 233 Å². The number of benzene rings is 1. The van der Waals surface area contributed by atoms with Gasteiger partial charge in [0.05, 0.1) is 24.3 Å². The van der Waals surface area contributed by atoms with Crippen molar-refractivity contribution in [3.63, 3.8) is 0 Å². The van der Waals surface area contributed by atoms with Crippen LogP contribution < -0.4 is 4.90 Å². The fourth-order valence-corrected chi connectivity index (χ4v) is 4.55. The van der Waals surface area contributed by atoms with Gasteiger partial charge in [0.2, 0.25) is 5.89 Å². The Bertz CT molecular complexity index is 1370. The van der Waals surface area contributed by atoms with Crippen LogP contribution in [0.3, 0.4) is 0 Å². The van der Waals surface area contributed by atoms with E-state index in [-0.39, 0.29) is 31.4 Å². The van der Waals surface area contributed by atoms with Crippen LogP contribution in [-0.2, 0) is 16.8 Å². The van der Waals surface area contributed by atoms with E-state index >= 15 is 0 Å². The van der Waals surface area contributed by atoms with Crippen molar-refractivity contribution in [1.82, 2.24) is 25.0 Å². The summed E-state index contributed by atoms with van der Waals surface area (Å²) in [5.74, 6) is -1.29. The summed E-state index contributed by atoms with van der Waals surface area (Å²) >= 11 is 0. The van der Waals surface area contributed by atoms with Gasteiger partial charge in [-0.25, -0.2) is 0 Å². The molecule has 0 atom stereocenters. The van der Waals surface area contributed by atoms with Crippen molar-refractivity contribution >= 4 is 17.9 Å². The molecule has 1 amide bonds. The van der Waals surface area contributed by atoms with Crippen molar-refractivity contribution in [2.24, 2.45) is 0 Å². The number of hydrogen-bond donors (Lipinski definition) is 0. The van der Waals surface area contributed by atoms with Crippen LogP contribution in [0.5, 0.6) is 0 Å². The lowest BCUT2D eigenvalue weighted by atomic mass is 9.82. The predicted molar refractivity (Wildman–Crippen MR) is 139 cm³/mol. The molecule has 220 valence electrons. The molecule has 1 saturated heterocycles. The van der Waals surface area contributed by atoms with Gasteiger partial charge in [-0.05, 0) is 43.7 Å². The molecule has 4 rings (SSSR count). The average Bonchev–Trinajstić information content (AvgIpc) is 3.43. The first-order chi connectivity index (χ1) is 19.3. The van der Waals surface area contributed by atoms with Crippen LogP contribution in [0, 0.1) is 0 Å². The van der Waals surface area contributed by atoms with Gasteiger partial charge in [0.15, 0.2) is 0 Å². The topological polar surface area (TPSA) is 95.7 Å². The molecule has 0 bridgehead atoms. The van der Waals surface area contributed by atoms with Gasteiger partial charge < -0.3 is 19.0 Å². The zero-order valence-corrected chi connectivity index (χ0v) is 22.7. The minimum atomic E-state index is -4.27. The highest BCUT2D eigenvalue weighted by Gasteiger charge is 2.33. The first-order valence-electron chi connectivity index (χ1n) is 12.7. The molecular weight excluding hydrogens is 551 g/mol. The zero-order valence-electron chi connectivity index (χ0n) is 22.7. The highest BCUT2D eigenvalue weighted by atomic mass is 19.4. The van der Waals surface area contributed by atoms with Crippen LogP contribution in [0.15, 0.2) is 40.9 Å². The lowest BCUT2D eigenvalue weighted by molar-refractivity contribution is -0.146. The molecule has 1 fully saturated rings. The molecule has 41 heavy (non-hydrogen) atoms. The van der Waals surface area contributed by atoms with Crippen LogP contribution in [0.4, 0.5) is 27.6 Å². The Balaban J connectivity index is 1.51. The molecule has 0 spiro atoms. The number of carbonyl (C=O) groups is 2. The monoisotopic (exact) mass is 580 g/mol. The molecule has 1 aromatic carbocycles. The summed E-state index contributed by atoms with van der Waals surface area (Å²) < 4.78 is 68.7. The molecule has 0 aliphatic carbocycles. The van der Waals surface area contributed by atoms with Gasteiger partial charge in [-0.2, -0.15) is 22.0 Å². The maximum atomic E-state index is 13.7. The zero-order chi connectivity index (χ0) is 29.9. The number of rotatable bonds is 9. The van der Waals surface area contributed by atoms with E-state index in [1.165, 1.54) is 16.0 Å². The fourth-order valence-electron chi connectivity index (χ4n) is 4.55. The highest BCUT2D eigenvalue weighted by molar-refractivity contribution is 5.98. The molecule has 9 nitrogen and oxygen atoms in total. The quantitative estimate of drug-likeness (QED) is 0.270. The number of halogens is 5. The number of alkyl halides is 5. The second-order valence-corrected chi connectivity index (χ2v) is 10.4. The minimum absolute atomic E-state index is 0.0898. The van der Waals surface area contributed by atoms with E-state index in [4.69, 9.17) is 4.42 Å². The van der Waals surface area contributed by atoms with E-state index in [0.717, 1.165) is 6.29 Å². The number of aromatic nitrogens is 3. The Hall–Kier alpha value is -3.94. The number of pyridine rings is 1. The average molecular weight is 581 g/mol. The van der Waals surface area contributed by atoms with Crippen molar-refractivity contribution < 1.29 is 36.0 Å². The van der Waals surface area contributed by atoms with Crippen molar-refractivity contribution in [3.05, 3.63) is 59.2 Å². The van der Waals surface area contributed by atoms with Gasteiger partial charge in [0.25, 0.3) is 11.8 Å². The van der Waals surface area contributed by atoms with Gasteiger partial charge in [-0.3, -0.25) is 14.7 Å². The normalized spacial score (nSPS) is 14.9. The number of anilines is 1. The predicted octanol–water partition coefficient (Wildman–Crippen LogP) is 4.50. The van der Waals surface area contributed by atoms with Crippen molar-refractivity contribution in [2.45, 2.75) is 38.4 Å². The van der Waals surface area contributed by atoms with Crippen molar-refractivity contribution in [1.29, 1.82) is 0 Å². The summed E-state index contributed by atoms with van der Waals surface area (Å²) in [6, 6.07) is 8.31. The van der Waals surface area contributed by atoms with Crippen LogP contribution in [0.25, 0.3) is 11.5 Å². The van der Waals surface area contributed by atoms with Crippen molar-refractivity contribution in [3.8, 4) is 11.5 Å². The number of amides is 1. The Morgan fingerprint density at radius 1 is 1.10 bits per heavy atom. The third kappa shape index (κ3) is 7.23. The van der Waals surface area contributed by atoms with Crippen molar-refractivity contribution in [2.75, 3.05) is 44.7 Å². The Kier molecular flexibility index (Phi) is 8.71. The van der Waals surface area contributed by atoms with Gasteiger partial charge in [0.1, 0.15) is 6.29 Å². The molecule has 1 aliphatic heterocycles. The molecule has 3 heterocycles. The molecule has 1 aliphatic rings. The second kappa shape index (κ2) is 11.9. The maximum absolute atomic E-state index is 13.7. The molecular formula is C27H29F5N6O3. The molecule has 3 aromatic rings. The van der Waals surface area contributed by atoms with Crippen LogP contribution in [0.2, 0.25) is 0 Å². The van der Waals surface area contributed by atoms with Gasteiger partial charge >= 0.3 is 12.6 Å². The van der Waals surface area contributed by atoms with E-state index < -0.39 is 30.5 Å². The first kappa shape index (κ1) is 30.0. The smallest absolute Gasteiger partial charge is 0.401 e. The van der Waals surface area contributed by atoms with Crippen LogP contribution >= 0.6 is 0 Å². The fraction of sp³-hybridized carbons (Fsp3) is 0.444.